The molecule has 0 amide bonds. The van der Waals surface area contributed by atoms with Gasteiger partial charge in [0.05, 0.1) is 0 Å². The molecule has 0 heterocycles. The first-order chi connectivity index (χ1) is 13.6. The molecule has 0 fully saturated rings. The van der Waals surface area contributed by atoms with Crippen molar-refractivity contribution in [1.82, 2.24) is 0 Å². The lowest BCUT2D eigenvalue weighted by Gasteiger charge is -2.31. The van der Waals surface area contributed by atoms with Gasteiger partial charge in [0.2, 0.25) is 0 Å². The van der Waals surface area contributed by atoms with E-state index in [1.807, 2.05) is 0 Å². The highest BCUT2D eigenvalue weighted by molar-refractivity contribution is 6.16. The summed E-state index contributed by atoms with van der Waals surface area (Å²) >= 11 is 0. The largest absolute Gasteiger partial charge is 0.115 e. The van der Waals surface area contributed by atoms with Gasteiger partial charge in [-0.1, -0.05) is 99.8 Å². The molecule has 0 spiro atoms. The zero-order valence-electron chi connectivity index (χ0n) is 17.5. The highest BCUT2D eigenvalue weighted by Gasteiger charge is 2.25. The average Bonchev–Trinajstić information content (AvgIpc) is 2.73. The van der Waals surface area contributed by atoms with Crippen molar-refractivity contribution in [3.63, 3.8) is 0 Å². The third kappa shape index (κ3) is 3.13. The van der Waals surface area contributed by atoms with Crippen LogP contribution in [0.25, 0.3) is 32.7 Å². The first-order valence-electron chi connectivity index (χ1n) is 10.6. The summed E-state index contributed by atoms with van der Waals surface area (Å²) in [6.45, 7) is 6.89. The van der Waals surface area contributed by atoms with Gasteiger partial charge in [-0.05, 0) is 62.1 Å². The van der Waals surface area contributed by atoms with E-state index in [-0.39, 0.29) is 5.31 Å². The molecule has 0 radical (unpaired) electrons. The molecule has 0 aliphatic rings. The number of fused-ring (bicyclic) bond motifs is 3. The van der Waals surface area contributed by atoms with Crippen molar-refractivity contribution >= 4 is 29.4 Å². The molecule has 0 aromatic heterocycles. The van der Waals surface area contributed by atoms with Crippen molar-refractivity contribution in [3.05, 3.63) is 83.9 Å². The van der Waals surface area contributed by atoms with Crippen molar-refractivity contribution < 1.29 is 0 Å². The minimum Gasteiger partial charge on any atom is -0.0654 e. The molecular formula is C27H29B. The fourth-order valence-electron chi connectivity index (χ4n) is 4.79. The van der Waals surface area contributed by atoms with Crippen molar-refractivity contribution in [3.8, 4) is 11.1 Å². The van der Waals surface area contributed by atoms with Crippen LogP contribution in [0.5, 0.6) is 0 Å². The van der Waals surface area contributed by atoms with Crippen LogP contribution in [0.2, 0.25) is 0 Å². The van der Waals surface area contributed by atoms with Crippen LogP contribution >= 0.6 is 0 Å². The van der Waals surface area contributed by atoms with Crippen LogP contribution in [0.3, 0.4) is 0 Å². The second-order valence-corrected chi connectivity index (χ2v) is 8.38. The molecule has 0 bridgehead atoms. The molecule has 0 nitrogen and oxygen atoms in total. The van der Waals surface area contributed by atoms with Gasteiger partial charge in [0.1, 0.15) is 7.85 Å². The topological polar surface area (TPSA) is 0 Å². The minimum absolute atomic E-state index is 0.238. The standard InChI is InChI=1S/C27H29B/c1-4-16-27(28,5-2)26-18-21(15-14-19(26)3)25-17-20-10-6-7-11-22(20)23-12-8-9-13-24(23)25/h6-15,17-18H,4-5,16,28H2,1-3H3. The molecule has 0 aliphatic heterocycles. The zero-order valence-corrected chi connectivity index (χ0v) is 17.5. The molecule has 28 heavy (non-hydrogen) atoms. The molecule has 4 rings (SSSR count). The predicted molar refractivity (Wildman–Crippen MR) is 127 cm³/mol. The maximum absolute atomic E-state index is 2.46. The molecule has 0 saturated heterocycles. The highest BCUT2D eigenvalue weighted by atomic mass is 14.3. The third-order valence-corrected chi connectivity index (χ3v) is 6.55. The Morgan fingerprint density at radius 1 is 0.786 bits per heavy atom. The van der Waals surface area contributed by atoms with Crippen LogP contribution in [0.15, 0.2) is 72.8 Å². The van der Waals surface area contributed by atoms with Gasteiger partial charge in [-0.3, -0.25) is 0 Å². The van der Waals surface area contributed by atoms with E-state index in [1.54, 1.807) is 0 Å². The van der Waals surface area contributed by atoms with E-state index >= 15 is 0 Å². The van der Waals surface area contributed by atoms with E-state index in [9.17, 15) is 0 Å². The molecule has 1 unspecified atom stereocenters. The Balaban J connectivity index is 1.99. The Kier molecular flexibility index (Phi) is 5.02. The van der Waals surface area contributed by atoms with Crippen molar-refractivity contribution in [1.29, 1.82) is 0 Å². The van der Waals surface area contributed by atoms with Crippen LogP contribution in [-0.4, -0.2) is 7.85 Å². The van der Waals surface area contributed by atoms with Crippen LogP contribution in [0.4, 0.5) is 0 Å². The second-order valence-electron chi connectivity index (χ2n) is 8.38. The van der Waals surface area contributed by atoms with Gasteiger partial charge in [-0.15, -0.1) is 0 Å². The smallest absolute Gasteiger partial charge is 0.0654 e. The molecule has 0 N–H and O–H groups in total. The fourth-order valence-corrected chi connectivity index (χ4v) is 4.79. The van der Waals surface area contributed by atoms with Gasteiger partial charge in [0.25, 0.3) is 0 Å². The summed E-state index contributed by atoms with van der Waals surface area (Å²) in [6.07, 6.45) is 3.61. The SMILES string of the molecule is BC(CC)(CCC)c1cc(-c2cc3ccccc3c3ccccc23)ccc1C. The summed E-state index contributed by atoms with van der Waals surface area (Å²) in [5, 5.41) is 5.56. The molecule has 0 saturated carbocycles. The van der Waals surface area contributed by atoms with Crippen LogP contribution in [0.1, 0.15) is 44.2 Å². The minimum atomic E-state index is 0.238. The highest BCUT2D eigenvalue weighted by Crippen LogP contribution is 2.38. The van der Waals surface area contributed by atoms with Crippen molar-refractivity contribution in [2.24, 2.45) is 0 Å². The van der Waals surface area contributed by atoms with Crippen LogP contribution in [-0.2, 0) is 5.31 Å². The fraction of sp³-hybridized carbons (Fsp3) is 0.259. The normalized spacial score (nSPS) is 13.7. The molecule has 1 heteroatoms. The lowest BCUT2D eigenvalue weighted by atomic mass is 9.59. The Hall–Kier alpha value is -2.54. The van der Waals surface area contributed by atoms with Crippen molar-refractivity contribution in [2.45, 2.75) is 45.3 Å². The molecule has 140 valence electrons. The van der Waals surface area contributed by atoms with E-state index in [0.717, 1.165) is 0 Å². The summed E-state index contributed by atoms with van der Waals surface area (Å²) in [7, 11) is 2.43. The first-order valence-corrected chi connectivity index (χ1v) is 10.6. The van der Waals surface area contributed by atoms with Gasteiger partial charge in [0.15, 0.2) is 0 Å². The summed E-state index contributed by atoms with van der Waals surface area (Å²) in [4.78, 5) is 0. The quantitative estimate of drug-likeness (QED) is 0.264. The average molecular weight is 364 g/mol. The van der Waals surface area contributed by atoms with Gasteiger partial charge in [-0.2, -0.15) is 0 Å². The Bertz CT molecular complexity index is 1140. The van der Waals surface area contributed by atoms with Crippen molar-refractivity contribution in [2.75, 3.05) is 0 Å². The summed E-state index contributed by atoms with van der Waals surface area (Å²) < 4.78 is 0. The lowest BCUT2D eigenvalue weighted by molar-refractivity contribution is 0.525. The molecule has 1 atom stereocenters. The number of rotatable bonds is 5. The molecule has 0 aliphatic carbocycles. The summed E-state index contributed by atoms with van der Waals surface area (Å²) in [6, 6.07) is 27.0. The summed E-state index contributed by atoms with van der Waals surface area (Å²) in [5.41, 5.74) is 5.59. The van der Waals surface area contributed by atoms with Gasteiger partial charge in [0, 0.05) is 0 Å². The molecule has 4 aromatic rings. The van der Waals surface area contributed by atoms with Crippen LogP contribution < -0.4 is 0 Å². The van der Waals surface area contributed by atoms with E-state index in [4.69, 9.17) is 0 Å². The lowest BCUT2D eigenvalue weighted by Crippen LogP contribution is -2.26. The summed E-state index contributed by atoms with van der Waals surface area (Å²) in [5.74, 6) is 0. The number of aryl methyl sites for hydroxylation is 1. The van der Waals surface area contributed by atoms with E-state index in [0.29, 0.717) is 0 Å². The van der Waals surface area contributed by atoms with E-state index < -0.39 is 0 Å². The second kappa shape index (κ2) is 7.47. The maximum atomic E-state index is 2.46. The number of hydrogen-bond donors (Lipinski definition) is 0. The van der Waals surface area contributed by atoms with Gasteiger partial charge in [-0.25, -0.2) is 0 Å². The zero-order chi connectivity index (χ0) is 19.7. The predicted octanol–water partition coefficient (Wildman–Crippen LogP) is 7.01. The van der Waals surface area contributed by atoms with Crippen LogP contribution in [0, 0.1) is 6.92 Å². The number of hydrogen-bond acceptors (Lipinski definition) is 0. The Morgan fingerprint density at radius 2 is 1.46 bits per heavy atom. The van der Waals surface area contributed by atoms with E-state index in [2.05, 4.69) is 101 Å². The van der Waals surface area contributed by atoms with Gasteiger partial charge >= 0.3 is 0 Å². The third-order valence-electron chi connectivity index (χ3n) is 6.55. The Labute approximate surface area is 170 Å². The monoisotopic (exact) mass is 364 g/mol. The molecular weight excluding hydrogens is 335 g/mol. The van der Waals surface area contributed by atoms with Gasteiger partial charge < -0.3 is 0 Å². The number of benzene rings is 4. The Morgan fingerprint density at radius 3 is 2.18 bits per heavy atom. The maximum Gasteiger partial charge on any atom is 0.115 e. The molecule has 4 aromatic carbocycles. The van der Waals surface area contributed by atoms with E-state index in [1.165, 1.54) is 63.1 Å². The first kappa shape index (κ1) is 18.8.